The van der Waals surface area contributed by atoms with Crippen molar-refractivity contribution in [3.8, 4) is 154 Å². The van der Waals surface area contributed by atoms with Crippen LogP contribution in [0.4, 0.5) is 0 Å². The molecule has 256 valence electrons. The number of carboxylic acid groups (broad SMARTS) is 1. The SMILES string of the molecule is CC#CC#CC#CC#CC#CC#CC#CC1CCC2C(C)CCC(C(C#CC#CC#CC#CC#CC#CC)C(=O)O)C(P(=O)(OOO)P(=O)(O)O)C12. The van der Waals surface area contributed by atoms with E-state index in [2.05, 4.69) is 164 Å². The predicted molar refractivity (Wildman–Crippen MR) is 193 cm³/mol. The molecule has 11 heteroatoms. The third-order valence-corrected chi connectivity index (χ3v) is 13.5. The predicted octanol–water partition coefficient (Wildman–Crippen LogP) is 3.62. The van der Waals surface area contributed by atoms with Gasteiger partial charge in [0.15, 0.2) is 0 Å². The zero-order valence-electron chi connectivity index (χ0n) is 28.1. The number of aliphatic carboxylic acids is 1. The number of hydrogen-bond acceptors (Lipinski definition) is 6. The van der Waals surface area contributed by atoms with Crippen LogP contribution in [-0.2, 0) is 23.6 Å². The van der Waals surface area contributed by atoms with E-state index in [-0.39, 0.29) is 18.3 Å². The lowest BCUT2D eigenvalue weighted by molar-refractivity contribution is -0.439. The minimum atomic E-state index is -5.71. The van der Waals surface area contributed by atoms with Gasteiger partial charge in [0.25, 0.3) is 0 Å². The highest BCUT2D eigenvalue weighted by Gasteiger charge is 2.63. The Morgan fingerprint density at radius 3 is 1.52 bits per heavy atom. The van der Waals surface area contributed by atoms with E-state index in [0.717, 1.165) is 0 Å². The molecule has 0 radical (unpaired) electrons. The fourth-order valence-corrected chi connectivity index (χ4v) is 10.6. The van der Waals surface area contributed by atoms with E-state index in [0.29, 0.717) is 19.3 Å². The molecule has 0 aromatic rings. The molecule has 0 bridgehead atoms. The molecule has 9 nitrogen and oxygen atoms in total. The molecule has 0 amide bonds. The Hall–Kier alpha value is -5.99. The molecule has 0 aromatic heterocycles. The van der Waals surface area contributed by atoms with Crippen LogP contribution in [0.5, 0.6) is 0 Å². The number of hydrogen-bond donors (Lipinski definition) is 4. The van der Waals surface area contributed by atoms with Crippen LogP contribution in [0.2, 0.25) is 0 Å². The molecular weight excluding hydrogens is 698 g/mol. The second kappa shape index (κ2) is 22.7. The van der Waals surface area contributed by atoms with Crippen LogP contribution in [0.1, 0.15) is 46.5 Å². The lowest BCUT2D eigenvalue weighted by Crippen LogP contribution is -2.39. The van der Waals surface area contributed by atoms with Crippen molar-refractivity contribution in [2.24, 2.45) is 35.5 Å². The highest BCUT2D eigenvalue weighted by molar-refractivity contribution is 8.29. The van der Waals surface area contributed by atoms with Gasteiger partial charge < -0.3 is 14.9 Å². The molecule has 52 heavy (non-hydrogen) atoms. The highest BCUT2D eigenvalue weighted by Crippen LogP contribution is 2.84. The van der Waals surface area contributed by atoms with Crippen LogP contribution in [0.3, 0.4) is 0 Å². The first-order valence-electron chi connectivity index (χ1n) is 15.3. The maximum Gasteiger partial charge on any atom is 0.410 e. The average Bonchev–Trinajstić information content (AvgIpc) is 3.45. The van der Waals surface area contributed by atoms with E-state index in [1.807, 2.05) is 6.92 Å². The molecular formula is C41H28O9P2. The van der Waals surface area contributed by atoms with E-state index in [4.69, 9.17) is 0 Å². The minimum Gasteiger partial charge on any atom is -0.480 e. The van der Waals surface area contributed by atoms with Crippen molar-refractivity contribution in [1.29, 1.82) is 0 Å². The van der Waals surface area contributed by atoms with Gasteiger partial charge in [-0.3, -0.25) is 9.36 Å². The third kappa shape index (κ3) is 13.0. The van der Waals surface area contributed by atoms with Crippen molar-refractivity contribution in [3.63, 3.8) is 0 Å². The van der Waals surface area contributed by atoms with Crippen molar-refractivity contribution in [1.82, 2.24) is 0 Å². The fraction of sp³-hybridized carbons (Fsp3) is 0.341. The molecule has 2 rings (SSSR count). The minimum absolute atomic E-state index is 0.0515. The lowest BCUT2D eigenvalue weighted by Gasteiger charge is -2.39. The van der Waals surface area contributed by atoms with Crippen LogP contribution in [0, 0.1) is 189 Å². The number of rotatable bonds is 6. The maximum atomic E-state index is 14.3. The van der Waals surface area contributed by atoms with Gasteiger partial charge >= 0.3 is 20.3 Å². The Balaban J connectivity index is 2.57. The lowest BCUT2D eigenvalue weighted by atomic mass is 9.77. The van der Waals surface area contributed by atoms with Crippen LogP contribution < -0.4 is 0 Å². The fourth-order valence-electron chi connectivity index (χ4n) is 5.92. The maximum absolute atomic E-state index is 14.3. The summed E-state index contributed by atoms with van der Waals surface area (Å²) in [6.45, 7) is 5.20. The van der Waals surface area contributed by atoms with Gasteiger partial charge in [-0.25, -0.2) is 9.82 Å². The molecule has 0 spiro atoms. The molecule has 0 heterocycles. The normalized spacial score (nSPS) is 21.4. The third-order valence-electron chi connectivity index (χ3n) is 7.85. The van der Waals surface area contributed by atoms with Crippen molar-refractivity contribution < 1.29 is 43.8 Å². The van der Waals surface area contributed by atoms with E-state index in [1.54, 1.807) is 13.8 Å². The summed E-state index contributed by atoms with van der Waals surface area (Å²) in [7, 11) is -11.0. The molecule has 8 unspecified atom stereocenters. The van der Waals surface area contributed by atoms with Crippen molar-refractivity contribution in [3.05, 3.63) is 0 Å². The second-order valence-corrected chi connectivity index (χ2v) is 16.9. The van der Waals surface area contributed by atoms with Crippen LogP contribution in [-0.4, -0.2) is 31.8 Å². The zero-order chi connectivity index (χ0) is 38.2. The summed E-state index contributed by atoms with van der Waals surface area (Å²) >= 11 is 0. The van der Waals surface area contributed by atoms with E-state index in [9.17, 15) is 34.1 Å². The standard InChI is InChI=1S/C41H28O9P2/c1-4-6-8-10-12-14-16-17-19-20-22-24-26-28-35-31-33-36-34(3)30-32-37(40(39(35)36)51(45,50-49-44)52(46,47)48)38(41(42)43)29-27-25-23-21-18-15-13-11-9-7-5-2/h34-40,44H,30-33H2,1-3H3,(H,42,43)(H2,46,47,48). The Bertz CT molecular complexity index is 2360. The number of carboxylic acids is 1. The Labute approximate surface area is 304 Å². The first-order valence-corrected chi connectivity index (χ1v) is 19.3. The van der Waals surface area contributed by atoms with Gasteiger partial charge in [0.05, 0.1) is 5.66 Å². The van der Waals surface area contributed by atoms with Crippen molar-refractivity contribution >= 4 is 20.3 Å². The molecule has 4 N–H and O–H groups in total. The Kier molecular flexibility index (Phi) is 18.4. The van der Waals surface area contributed by atoms with Crippen LogP contribution >= 0.6 is 14.3 Å². The van der Waals surface area contributed by atoms with E-state index >= 15 is 0 Å². The summed E-state index contributed by atoms with van der Waals surface area (Å²) < 4.78 is 31.8. The number of fused-ring (bicyclic) bond motifs is 1. The summed E-state index contributed by atoms with van der Waals surface area (Å²) in [6.07, 6.45) is 1.42. The molecule has 2 aliphatic rings. The molecule has 8 atom stereocenters. The quantitative estimate of drug-likeness (QED) is 0.139. The van der Waals surface area contributed by atoms with Crippen LogP contribution in [0.15, 0.2) is 0 Å². The average molecular weight is 727 g/mol. The summed E-state index contributed by atoms with van der Waals surface area (Å²) in [5, 5.41) is 23.2. The summed E-state index contributed by atoms with van der Waals surface area (Å²) in [4.78, 5) is 33.4. The molecule has 2 aliphatic carbocycles. The largest absolute Gasteiger partial charge is 0.480 e. The Morgan fingerprint density at radius 1 is 0.654 bits per heavy atom. The van der Waals surface area contributed by atoms with Crippen LogP contribution in [0.25, 0.3) is 0 Å². The van der Waals surface area contributed by atoms with Crippen molar-refractivity contribution in [2.45, 2.75) is 52.1 Å². The van der Waals surface area contributed by atoms with Gasteiger partial charge in [0, 0.05) is 5.92 Å². The smallest absolute Gasteiger partial charge is 0.410 e. The topological polar surface area (TPSA) is 151 Å². The first-order chi connectivity index (χ1) is 25.0. The van der Waals surface area contributed by atoms with E-state index < -0.39 is 49.6 Å². The van der Waals surface area contributed by atoms with E-state index in [1.165, 1.54) is 0 Å². The monoisotopic (exact) mass is 726 g/mol. The molecule has 0 aromatic carbocycles. The molecule has 0 saturated heterocycles. The van der Waals surface area contributed by atoms with Gasteiger partial charge in [-0.1, -0.05) is 42.1 Å². The van der Waals surface area contributed by atoms with Crippen molar-refractivity contribution in [2.75, 3.05) is 0 Å². The zero-order valence-corrected chi connectivity index (χ0v) is 29.9. The van der Waals surface area contributed by atoms with Gasteiger partial charge in [-0.15, -0.1) is 4.67 Å². The van der Waals surface area contributed by atoms with Gasteiger partial charge in [0.2, 0.25) is 0 Å². The van der Waals surface area contributed by atoms with Gasteiger partial charge in [0.1, 0.15) is 5.92 Å². The molecule has 2 fully saturated rings. The first kappa shape index (κ1) is 42.2. The Morgan fingerprint density at radius 2 is 1.10 bits per heavy atom. The number of carbonyl (C=O) groups is 1. The van der Waals surface area contributed by atoms with Gasteiger partial charge in [-0.05, 0) is 187 Å². The highest BCUT2D eigenvalue weighted by atomic mass is 32.1. The molecule has 2 saturated carbocycles. The second-order valence-electron chi connectivity index (χ2n) is 10.7. The summed E-state index contributed by atoms with van der Waals surface area (Å²) in [6, 6.07) is 0. The molecule has 0 aliphatic heterocycles. The summed E-state index contributed by atoms with van der Waals surface area (Å²) in [5.74, 6) is 59.3. The van der Waals surface area contributed by atoms with Gasteiger partial charge in [-0.2, -0.15) is 0 Å². The summed E-state index contributed by atoms with van der Waals surface area (Å²) in [5.41, 5.74) is -1.64.